The van der Waals surface area contributed by atoms with Crippen LogP contribution in [-0.4, -0.2) is 35.6 Å². The van der Waals surface area contributed by atoms with Gasteiger partial charge in [-0.3, -0.25) is 10.1 Å². The largest absolute Gasteiger partial charge is 0.493 e. The lowest BCUT2D eigenvalue weighted by atomic mass is 10.1. The Hall–Kier alpha value is -3.00. The van der Waals surface area contributed by atoms with Gasteiger partial charge >= 0.3 is 6.01 Å². The molecule has 0 saturated carbocycles. The maximum atomic E-state index is 12.0. The molecule has 146 valence electrons. The molecule has 0 fully saturated rings. The SMILES string of the molecule is CCSc1ccc(Cc2nnc(NC(=O)COc3ccccc3OC)o2)cc1. The predicted molar refractivity (Wildman–Crippen MR) is 107 cm³/mol. The van der Waals surface area contributed by atoms with Crippen molar-refractivity contribution in [3.63, 3.8) is 0 Å². The summed E-state index contributed by atoms with van der Waals surface area (Å²) < 4.78 is 16.1. The second kappa shape index (κ2) is 9.80. The smallest absolute Gasteiger partial charge is 0.322 e. The van der Waals surface area contributed by atoms with Gasteiger partial charge in [-0.2, -0.15) is 0 Å². The first kappa shape index (κ1) is 19.8. The fourth-order valence-corrected chi connectivity index (χ4v) is 3.12. The number of hydrogen-bond acceptors (Lipinski definition) is 7. The minimum atomic E-state index is -0.401. The number of ether oxygens (including phenoxy) is 2. The molecule has 0 radical (unpaired) electrons. The molecule has 0 bridgehead atoms. The zero-order chi connectivity index (χ0) is 19.8. The first-order valence-corrected chi connectivity index (χ1v) is 9.76. The average molecular weight is 399 g/mol. The number of carbonyl (C=O) groups excluding carboxylic acids is 1. The van der Waals surface area contributed by atoms with Gasteiger partial charge in [-0.1, -0.05) is 36.3 Å². The number of carbonyl (C=O) groups is 1. The van der Waals surface area contributed by atoms with Crippen molar-refractivity contribution in [1.82, 2.24) is 10.2 Å². The zero-order valence-corrected chi connectivity index (χ0v) is 16.5. The van der Waals surface area contributed by atoms with Crippen LogP contribution in [-0.2, 0) is 11.2 Å². The topological polar surface area (TPSA) is 86.5 Å². The van der Waals surface area contributed by atoms with Gasteiger partial charge in [0.1, 0.15) is 0 Å². The third-order valence-corrected chi connectivity index (χ3v) is 4.62. The molecular formula is C20H21N3O4S. The van der Waals surface area contributed by atoms with Crippen molar-refractivity contribution in [2.45, 2.75) is 18.2 Å². The molecule has 0 atom stereocenters. The molecule has 0 aliphatic rings. The van der Waals surface area contributed by atoms with E-state index in [1.807, 2.05) is 18.2 Å². The molecule has 0 saturated heterocycles. The van der Waals surface area contributed by atoms with Crippen molar-refractivity contribution in [2.75, 3.05) is 24.8 Å². The van der Waals surface area contributed by atoms with Gasteiger partial charge < -0.3 is 13.9 Å². The normalized spacial score (nSPS) is 10.5. The van der Waals surface area contributed by atoms with Crippen LogP contribution in [0.5, 0.6) is 11.5 Å². The van der Waals surface area contributed by atoms with Crippen molar-refractivity contribution in [3.05, 3.63) is 60.0 Å². The van der Waals surface area contributed by atoms with E-state index >= 15 is 0 Å². The summed E-state index contributed by atoms with van der Waals surface area (Å²) in [6.07, 6.45) is 0.498. The Balaban J connectivity index is 1.51. The lowest BCUT2D eigenvalue weighted by Gasteiger charge is -2.09. The van der Waals surface area contributed by atoms with Crippen molar-refractivity contribution >= 4 is 23.7 Å². The van der Waals surface area contributed by atoms with Crippen LogP contribution in [0.4, 0.5) is 6.01 Å². The van der Waals surface area contributed by atoms with E-state index in [0.717, 1.165) is 11.3 Å². The molecule has 8 heteroatoms. The highest BCUT2D eigenvalue weighted by molar-refractivity contribution is 7.99. The number of nitrogens with one attached hydrogen (secondary N) is 1. The molecule has 1 aromatic heterocycles. The molecule has 0 aliphatic carbocycles. The Bertz CT molecular complexity index is 912. The second-order valence-corrected chi connectivity index (χ2v) is 7.08. The van der Waals surface area contributed by atoms with E-state index in [1.54, 1.807) is 37.1 Å². The Morgan fingerprint density at radius 3 is 2.57 bits per heavy atom. The molecule has 3 aromatic rings. The van der Waals surface area contributed by atoms with E-state index in [9.17, 15) is 4.79 Å². The van der Waals surface area contributed by atoms with Gasteiger partial charge in [0.05, 0.1) is 13.5 Å². The Morgan fingerprint density at radius 1 is 1.11 bits per heavy atom. The number of thioether (sulfide) groups is 1. The fourth-order valence-electron chi connectivity index (χ4n) is 2.46. The molecule has 0 unspecified atom stereocenters. The second-order valence-electron chi connectivity index (χ2n) is 5.74. The van der Waals surface area contributed by atoms with E-state index in [1.165, 1.54) is 4.90 Å². The molecule has 7 nitrogen and oxygen atoms in total. The maximum Gasteiger partial charge on any atom is 0.322 e. The molecule has 3 rings (SSSR count). The molecule has 0 aliphatic heterocycles. The van der Waals surface area contributed by atoms with Gasteiger partial charge in [0.15, 0.2) is 18.1 Å². The quantitative estimate of drug-likeness (QED) is 0.548. The van der Waals surface area contributed by atoms with E-state index in [-0.39, 0.29) is 12.6 Å². The predicted octanol–water partition coefficient (Wildman–Crippen LogP) is 3.80. The van der Waals surface area contributed by atoms with Crippen molar-refractivity contribution in [3.8, 4) is 11.5 Å². The maximum absolute atomic E-state index is 12.0. The molecular weight excluding hydrogens is 378 g/mol. The van der Waals surface area contributed by atoms with Crippen molar-refractivity contribution in [1.29, 1.82) is 0 Å². The molecule has 1 N–H and O–H groups in total. The minimum Gasteiger partial charge on any atom is -0.493 e. The van der Waals surface area contributed by atoms with Gasteiger partial charge in [-0.05, 0) is 35.6 Å². The van der Waals surface area contributed by atoms with Crippen molar-refractivity contribution in [2.24, 2.45) is 0 Å². The van der Waals surface area contributed by atoms with Gasteiger partial charge in [-0.15, -0.1) is 16.9 Å². The Labute approximate surface area is 167 Å². The third-order valence-electron chi connectivity index (χ3n) is 3.73. The molecule has 28 heavy (non-hydrogen) atoms. The summed E-state index contributed by atoms with van der Waals surface area (Å²) in [5.41, 5.74) is 1.06. The van der Waals surface area contributed by atoms with E-state index in [0.29, 0.717) is 23.8 Å². The molecule has 2 aromatic carbocycles. The summed E-state index contributed by atoms with van der Waals surface area (Å²) in [4.78, 5) is 13.3. The van der Waals surface area contributed by atoms with E-state index in [2.05, 4.69) is 34.6 Å². The number of anilines is 1. The average Bonchev–Trinajstić information content (AvgIpc) is 3.15. The highest BCUT2D eigenvalue weighted by atomic mass is 32.2. The first-order valence-electron chi connectivity index (χ1n) is 8.77. The van der Waals surface area contributed by atoms with E-state index in [4.69, 9.17) is 13.9 Å². The van der Waals surface area contributed by atoms with Crippen LogP contribution < -0.4 is 14.8 Å². The number of hydrogen-bond donors (Lipinski definition) is 1. The first-order chi connectivity index (χ1) is 13.7. The van der Waals surface area contributed by atoms with Gasteiger partial charge in [-0.25, -0.2) is 0 Å². The highest BCUT2D eigenvalue weighted by Gasteiger charge is 2.12. The molecule has 0 spiro atoms. The fraction of sp³-hybridized carbons (Fsp3) is 0.250. The number of amides is 1. The van der Waals surface area contributed by atoms with Crippen LogP contribution in [0.2, 0.25) is 0 Å². The minimum absolute atomic E-state index is 0.0433. The van der Waals surface area contributed by atoms with E-state index < -0.39 is 5.91 Å². The summed E-state index contributed by atoms with van der Waals surface area (Å²) in [6, 6.07) is 15.3. The number of para-hydroxylation sites is 2. The lowest BCUT2D eigenvalue weighted by molar-refractivity contribution is -0.118. The monoisotopic (exact) mass is 399 g/mol. The van der Waals surface area contributed by atoms with Gasteiger partial charge in [0.25, 0.3) is 5.91 Å². The lowest BCUT2D eigenvalue weighted by Crippen LogP contribution is -2.20. The van der Waals surface area contributed by atoms with Crippen LogP contribution in [0.3, 0.4) is 0 Å². The zero-order valence-electron chi connectivity index (χ0n) is 15.7. The van der Waals surface area contributed by atoms with Gasteiger partial charge in [0, 0.05) is 4.90 Å². The van der Waals surface area contributed by atoms with Crippen LogP contribution in [0, 0.1) is 0 Å². The number of rotatable bonds is 9. The number of methoxy groups -OCH3 is 1. The number of aromatic nitrogens is 2. The molecule has 1 heterocycles. The summed E-state index contributed by atoms with van der Waals surface area (Å²) in [7, 11) is 1.54. The Kier molecular flexibility index (Phi) is 6.91. The summed E-state index contributed by atoms with van der Waals surface area (Å²) in [6.45, 7) is 1.92. The van der Waals surface area contributed by atoms with Gasteiger partial charge in [0.2, 0.25) is 5.89 Å². The number of nitrogens with zero attached hydrogens (tertiary/aromatic N) is 2. The Morgan fingerprint density at radius 2 is 1.86 bits per heavy atom. The molecule has 1 amide bonds. The van der Waals surface area contributed by atoms with Crippen LogP contribution in [0.25, 0.3) is 0 Å². The van der Waals surface area contributed by atoms with Crippen LogP contribution in [0.15, 0.2) is 57.8 Å². The number of benzene rings is 2. The summed E-state index contributed by atoms with van der Waals surface area (Å²) in [5, 5.41) is 10.4. The summed E-state index contributed by atoms with van der Waals surface area (Å²) in [5.74, 6) is 2.10. The van der Waals surface area contributed by atoms with Crippen molar-refractivity contribution < 1.29 is 18.7 Å². The highest BCUT2D eigenvalue weighted by Crippen LogP contribution is 2.25. The van der Waals surface area contributed by atoms with Crippen LogP contribution >= 0.6 is 11.8 Å². The third kappa shape index (κ3) is 5.50. The standard InChI is InChI=1S/C20H21N3O4S/c1-3-28-15-10-8-14(9-11-15)12-19-22-23-20(27-19)21-18(24)13-26-17-7-5-4-6-16(17)25-2/h4-11H,3,12-13H2,1-2H3,(H,21,23,24). The van der Waals surface area contributed by atoms with Crippen LogP contribution in [0.1, 0.15) is 18.4 Å². The summed E-state index contributed by atoms with van der Waals surface area (Å²) >= 11 is 1.79.